The molecule has 2 rings (SSSR count). The molecule has 0 spiro atoms. The number of nitriles is 1. The minimum Gasteiger partial charge on any atom is -0.325 e. The van der Waals surface area contributed by atoms with Crippen LogP contribution in [0, 0.1) is 11.3 Å². The normalized spacial score (nSPS) is 10.7. The summed E-state index contributed by atoms with van der Waals surface area (Å²) in [7, 11) is -3.72. The van der Waals surface area contributed by atoms with Crippen LogP contribution in [-0.4, -0.2) is 20.9 Å². The van der Waals surface area contributed by atoms with Crippen molar-refractivity contribution in [2.45, 2.75) is 4.90 Å². The van der Waals surface area contributed by atoms with Gasteiger partial charge in [-0.1, -0.05) is 24.3 Å². The van der Waals surface area contributed by atoms with E-state index in [9.17, 15) is 13.2 Å². The Morgan fingerprint density at radius 1 is 1.09 bits per heavy atom. The van der Waals surface area contributed by atoms with Crippen LogP contribution in [0.25, 0.3) is 0 Å². The van der Waals surface area contributed by atoms with E-state index in [0.29, 0.717) is 11.3 Å². The zero-order chi connectivity index (χ0) is 16.0. The lowest BCUT2D eigenvalue weighted by atomic mass is 10.2. The number of nitrogens with one attached hydrogen (secondary N) is 2. The average molecular weight is 315 g/mol. The molecule has 0 saturated carbocycles. The molecule has 7 heteroatoms. The molecule has 0 aliphatic carbocycles. The van der Waals surface area contributed by atoms with Crippen molar-refractivity contribution in [1.29, 1.82) is 5.26 Å². The van der Waals surface area contributed by atoms with Crippen LogP contribution in [-0.2, 0) is 14.8 Å². The number of hydrogen-bond donors (Lipinski definition) is 2. The van der Waals surface area contributed by atoms with Crippen LogP contribution in [0.5, 0.6) is 0 Å². The Morgan fingerprint density at radius 2 is 1.82 bits per heavy atom. The maximum atomic E-state index is 12.0. The Kier molecular flexibility index (Phi) is 4.88. The Hall–Kier alpha value is -2.69. The fraction of sp³-hybridized carbons (Fsp3) is 0.0667. The van der Waals surface area contributed by atoms with Gasteiger partial charge in [0.1, 0.15) is 0 Å². The molecule has 0 saturated heterocycles. The predicted molar refractivity (Wildman–Crippen MR) is 81.4 cm³/mol. The number of rotatable bonds is 5. The number of benzene rings is 2. The van der Waals surface area contributed by atoms with E-state index in [4.69, 9.17) is 5.26 Å². The van der Waals surface area contributed by atoms with Crippen LogP contribution in [0.1, 0.15) is 5.56 Å². The van der Waals surface area contributed by atoms with E-state index in [1.165, 1.54) is 18.2 Å². The van der Waals surface area contributed by atoms with Crippen molar-refractivity contribution in [2.24, 2.45) is 0 Å². The van der Waals surface area contributed by atoms with Gasteiger partial charge < -0.3 is 5.32 Å². The van der Waals surface area contributed by atoms with Gasteiger partial charge in [-0.25, -0.2) is 13.1 Å². The lowest BCUT2D eigenvalue weighted by Crippen LogP contribution is -2.32. The van der Waals surface area contributed by atoms with E-state index in [1.54, 1.807) is 36.4 Å². The van der Waals surface area contributed by atoms with Crippen LogP contribution < -0.4 is 10.0 Å². The van der Waals surface area contributed by atoms with Crippen LogP contribution in [0.2, 0.25) is 0 Å². The highest BCUT2D eigenvalue weighted by Gasteiger charge is 2.14. The Labute approximate surface area is 128 Å². The lowest BCUT2D eigenvalue weighted by Gasteiger charge is -2.08. The first-order valence-electron chi connectivity index (χ1n) is 6.36. The maximum Gasteiger partial charge on any atom is 0.241 e. The summed E-state index contributed by atoms with van der Waals surface area (Å²) in [5.74, 6) is -0.519. The zero-order valence-electron chi connectivity index (χ0n) is 11.5. The van der Waals surface area contributed by atoms with Gasteiger partial charge in [0.05, 0.1) is 23.1 Å². The van der Waals surface area contributed by atoms with Crippen LogP contribution in [0.4, 0.5) is 5.69 Å². The first-order valence-corrected chi connectivity index (χ1v) is 7.84. The highest BCUT2D eigenvalue weighted by molar-refractivity contribution is 7.89. The van der Waals surface area contributed by atoms with Crippen molar-refractivity contribution in [1.82, 2.24) is 4.72 Å². The van der Waals surface area contributed by atoms with E-state index < -0.39 is 22.5 Å². The smallest absolute Gasteiger partial charge is 0.241 e. The molecule has 0 bridgehead atoms. The molecule has 0 atom stereocenters. The molecule has 2 aromatic rings. The quantitative estimate of drug-likeness (QED) is 0.873. The second kappa shape index (κ2) is 6.85. The van der Waals surface area contributed by atoms with E-state index in [-0.39, 0.29) is 4.90 Å². The number of carbonyl (C=O) groups is 1. The third kappa shape index (κ3) is 4.15. The number of sulfonamides is 1. The maximum absolute atomic E-state index is 12.0. The van der Waals surface area contributed by atoms with Crippen LogP contribution >= 0.6 is 0 Å². The molecule has 112 valence electrons. The lowest BCUT2D eigenvalue weighted by molar-refractivity contribution is -0.115. The molecular formula is C15H13N3O3S. The second-order valence-electron chi connectivity index (χ2n) is 4.38. The fourth-order valence-corrected chi connectivity index (χ4v) is 2.72. The number of hydrogen-bond acceptors (Lipinski definition) is 4. The van der Waals surface area contributed by atoms with Gasteiger partial charge in [0.25, 0.3) is 0 Å². The number of carbonyl (C=O) groups excluding carboxylic acids is 1. The van der Waals surface area contributed by atoms with Gasteiger partial charge in [0.15, 0.2) is 0 Å². The van der Waals surface area contributed by atoms with E-state index in [2.05, 4.69) is 10.0 Å². The van der Waals surface area contributed by atoms with E-state index in [0.717, 1.165) is 0 Å². The molecule has 0 radical (unpaired) electrons. The summed E-state index contributed by atoms with van der Waals surface area (Å²) in [6.07, 6.45) is 0. The predicted octanol–water partition coefficient (Wildman–Crippen LogP) is 1.48. The highest BCUT2D eigenvalue weighted by atomic mass is 32.2. The fourth-order valence-electron chi connectivity index (χ4n) is 1.72. The third-order valence-electron chi connectivity index (χ3n) is 2.75. The van der Waals surface area contributed by atoms with Gasteiger partial charge in [-0.15, -0.1) is 0 Å². The van der Waals surface area contributed by atoms with E-state index >= 15 is 0 Å². The van der Waals surface area contributed by atoms with Gasteiger partial charge in [0, 0.05) is 5.69 Å². The van der Waals surface area contributed by atoms with Gasteiger partial charge >= 0.3 is 0 Å². The summed E-state index contributed by atoms with van der Waals surface area (Å²) < 4.78 is 26.1. The summed E-state index contributed by atoms with van der Waals surface area (Å²) >= 11 is 0. The summed E-state index contributed by atoms with van der Waals surface area (Å²) in [4.78, 5) is 11.9. The molecule has 1 amide bonds. The molecule has 0 fully saturated rings. The number of anilines is 1. The molecular weight excluding hydrogens is 302 g/mol. The SMILES string of the molecule is N#Cc1cccc(NC(=O)CNS(=O)(=O)c2ccccc2)c1. The van der Waals surface area contributed by atoms with Gasteiger partial charge in [0.2, 0.25) is 15.9 Å². The molecule has 2 aromatic carbocycles. The minimum atomic E-state index is -3.72. The largest absolute Gasteiger partial charge is 0.325 e. The van der Waals surface area contributed by atoms with Gasteiger partial charge in [-0.2, -0.15) is 5.26 Å². The van der Waals surface area contributed by atoms with Crippen molar-refractivity contribution in [3.8, 4) is 6.07 Å². The molecule has 2 N–H and O–H groups in total. The molecule has 0 aliphatic rings. The van der Waals surface area contributed by atoms with Gasteiger partial charge in [-0.3, -0.25) is 4.79 Å². The summed E-state index contributed by atoms with van der Waals surface area (Å²) in [5.41, 5.74) is 0.839. The monoisotopic (exact) mass is 315 g/mol. The Morgan fingerprint density at radius 3 is 2.50 bits per heavy atom. The first-order chi connectivity index (χ1) is 10.5. The molecule has 0 aliphatic heterocycles. The zero-order valence-corrected chi connectivity index (χ0v) is 12.3. The summed E-state index contributed by atoms with van der Waals surface area (Å²) in [5, 5.41) is 11.3. The Bertz CT molecular complexity index is 811. The highest BCUT2D eigenvalue weighted by Crippen LogP contribution is 2.10. The topological polar surface area (TPSA) is 99.1 Å². The van der Waals surface area contributed by atoms with Gasteiger partial charge in [-0.05, 0) is 30.3 Å². The molecule has 22 heavy (non-hydrogen) atoms. The second-order valence-corrected chi connectivity index (χ2v) is 6.15. The summed E-state index contributed by atoms with van der Waals surface area (Å²) in [6, 6.07) is 16.1. The number of nitrogens with zero attached hydrogens (tertiary/aromatic N) is 1. The first kappa shape index (κ1) is 15.7. The van der Waals surface area contributed by atoms with Crippen molar-refractivity contribution >= 4 is 21.6 Å². The third-order valence-corrected chi connectivity index (χ3v) is 4.17. The molecule has 0 unspecified atom stereocenters. The minimum absolute atomic E-state index is 0.0919. The van der Waals surface area contributed by atoms with Crippen molar-refractivity contribution < 1.29 is 13.2 Å². The molecule has 6 nitrogen and oxygen atoms in total. The van der Waals surface area contributed by atoms with Crippen molar-refractivity contribution in [3.05, 3.63) is 60.2 Å². The standard InChI is InChI=1S/C15H13N3O3S/c16-10-12-5-4-6-13(9-12)18-15(19)11-17-22(20,21)14-7-2-1-3-8-14/h1-9,17H,11H2,(H,18,19). The number of amides is 1. The average Bonchev–Trinajstić information content (AvgIpc) is 2.54. The van der Waals surface area contributed by atoms with Crippen LogP contribution in [0.3, 0.4) is 0 Å². The van der Waals surface area contributed by atoms with Crippen molar-refractivity contribution in [3.63, 3.8) is 0 Å². The van der Waals surface area contributed by atoms with Crippen LogP contribution in [0.15, 0.2) is 59.5 Å². The molecule has 0 aromatic heterocycles. The van der Waals surface area contributed by atoms with E-state index in [1.807, 2.05) is 6.07 Å². The Balaban J connectivity index is 1.97. The summed E-state index contributed by atoms with van der Waals surface area (Å²) in [6.45, 7) is -0.395. The van der Waals surface area contributed by atoms with Crippen molar-refractivity contribution in [2.75, 3.05) is 11.9 Å². The molecule has 0 heterocycles.